The van der Waals surface area contributed by atoms with Crippen LogP contribution in [0.15, 0.2) is 29.2 Å². The van der Waals surface area contributed by atoms with E-state index in [9.17, 15) is 26.4 Å². The summed E-state index contributed by atoms with van der Waals surface area (Å²) in [4.78, 5) is 10.8. The smallest absolute Gasteiger partial charge is 0.416 e. The average Bonchev–Trinajstić information content (AvgIpc) is 2.36. The number of esters is 1. The highest BCUT2D eigenvalue weighted by Gasteiger charge is 2.33. The second-order valence-electron chi connectivity index (χ2n) is 3.73. The van der Waals surface area contributed by atoms with Crippen LogP contribution in [0.3, 0.4) is 0 Å². The molecule has 106 valence electrons. The molecule has 0 aliphatic rings. The van der Waals surface area contributed by atoms with E-state index in [1.807, 2.05) is 0 Å². The maximum absolute atomic E-state index is 12.3. The van der Waals surface area contributed by atoms with E-state index in [2.05, 4.69) is 4.74 Å². The molecule has 1 unspecified atom stereocenters. The predicted octanol–water partition coefficient (Wildman–Crippen LogP) is 2.04. The highest BCUT2D eigenvalue weighted by Crippen LogP contribution is 2.30. The molecule has 4 nitrogen and oxygen atoms in total. The van der Waals surface area contributed by atoms with Crippen molar-refractivity contribution in [2.75, 3.05) is 7.11 Å². The van der Waals surface area contributed by atoms with E-state index in [1.54, 1.807) is 0 Å². The third-order valence-corrected chi connectivity index (χ3v) is 4.56. The Hall–Kier alpha value is -1.57. The number of carbonyl (C=O) groups is 1. The quantitative estimate of drug-likeness (QED) is 0.801. The number of benzene rings is 1. The standard InChI is InChI=1S/C11H11F3O4S/c1-7(10(15)18-2)19(16,17)9-5-3-8(4-6-9)11(12,13)14/h3-7H,1-2H3. The lowest BCUT2D eigenvalue weighted by Crippen LogP contribution is -2.28. The topological polar surface area (TPSA) is 60.4 Å². The lowest BCUT2D eigenvalue weighted by molar-refractivity contribution is -0.140. The summed E-state index contributed by atoms with van der Waals surface area (Å²) in [5, 5.41) is -1.48. The van der Waals surface area contributed by atoms with Gasteiger partial charge in [0.25, 0.3) is 0 Å². The number of hydrogen-bond donors (Lipinski definition) is 0. The molecule has 1 rings (SSSR count). The van der Waals surface area contributed by atoms with Gasteiger partial charge in [0.2, 0.25) is 0 Å². The number of ether oxygens (including phenoxy) is 1. The minimum Gasteiger partial charge on any atom is -0.468 e. The molecule has 19 heavy (non-hydrogen) atoms. The van der Waals surface area contributed by atoms with Crippen LogP contribution in [0.1, 0.15) is 12.5 Å². The Balaban J connectivity index is 3.14. The van der Waals surface area contributed by atoms with Crippen molar-refractivity contribution in [3.8, 4) is 0 Å². The Morgan fingerprint density at radius 1 is 1.21 bits per heavy atom. The Bertz CT molecular complexity index is 561. The second kappa shape index (κ2) is 5.20. The van der Waals surface area contributed by atoms with Gasteiger partial charge >= 0.3 is 12.1 Å². The zero-order valence-electron chi connectivity index (χ0n) is 10.1. The molecule has 1 aromatic rings. The minimum atomic E-state index is -4.55. The van der Waals surface area contributed by atoms with Crippen LogP contribution in [0.25, 0.3) is 0 Å². The average molecular weight is 296 g/mol. The fraction of sp³-hybridized carbons (Fsp3) is 0.364. The second-order valence-corrected chi connectivity index (χ2v) is 6.00. The van der Waals surface area contributed by atoms with Crippen LogP contribution in [0, 0.1) is 0 Å². The molecule has 1 atom stereocenters. The van der Waals surface area contributed by atoms with Gasteiger partial charge in [-0.15, -0.1) is 0 Å². The Morgan fingerprint density at radius 3 is 2.05 bits per heavy atom. The van der Waals surface area contributed by atoms with Crippen molar-refractivity contribution in [1.29, 1.82) is 0 Å². The van der Waals surface area contributed by atoms with Crippen molar-refractivity contribution in [3.63, 3.8) is 0 Å². The highest BCUT2D eigenvalue weighted by molar-refractivity contribution is 7.92. The van der Waals surface area contributed by atoms with E-state index in [0.717, 1.165) is 26.2 Å². The maximum atomic E-state index is 12.3. The van der Waals surface area contributed by atoms with Gasteiger partial charge in [-0.1, -0.05) is 0 Å². The molecule has 0 radical (unpaired) electrons. The molecular formula is C11H11F3O4S. The lowest BCUT2D eigenvalue weighted by atomic mass is 10.2. The molecule has 0 aliphatic carbocycles. The fourth-order valence-corrected chi connectivity index (χ4v) is 2.60. The normalized spacial score (nSPS) is 13.9. The van der Waals surface area contributed by atoms with Crippen LogP contribution in [0.5, 0.6) is 0 Å². The number of halogens is 3. The van der Waals surface area contributed by atoms with E-state index in [0.29, 0.717) is 12.1 Å². The zero-order valence-corrected chi connectivity index (χ0v) is 10.9. The van der Waals surface area contributed by atoms with Gasteiger partial charge < -0.3 is 4.74 Å². The Morgan fingerprint density at radius 2 is 1.68 bits per heavy atom. The van der Waals surface area contributed by atoms with Gasteiger partial charge in [-0.05, 0) is 31.2 Å². The van der Waals surface area contributed by atoms with E-state index in [4.69, 9.17) is 0 Å². The molecule has 0 fully saturated rings. The first kappa shape index (κ1) is 15.5. The number of carbonyl (C=O) groups excluding carboxylic acids is 1. The third-order valence-electron chi connectivity index (χ3n) is 2.51. The van der Waals surface area contributed by atoms with E-state index in [-0.39, 0.29) is 4.90 Å². The fourth-order valence-electron chi connectivity index (χ4n) is 1.33. The molecule has 8 heteroatoms. The van der Waals surface area contributed by atoms with Crippen LogP contribution >= 0.6 is 0 Å². The Labute approximate surface area is 108 Å². The summed E-state index contributed by atoms with van der Waals surface area (Å²) in [6.07, 6.45) is -4.55. The molecule has 0 aliphatic heterocycles. The monoisotopic (exact) mass is 296 g/mol. The van der Waals surface area contributed by atoms with Gasteiger partial charge in [-0.2, -0.15) is 13.2 Å². The number of hydrogen-bond acceptors (Lipinski definition) is 4. The van der Waals surface area contributed by atoms with E-state index in [1.165, 1.54) is 0 Å². The summed E-state index contributed by atoms with van der Waals surface area (Å²) in [5.74, 6) is -0.972. The number of sulfone groups is 1. The number of alkyl halides is 3. The number of rotatable bonds is 3. The summed E-state index contributed by atoms with van der Waals surface area (Å²) >= 11 is 0. The van der Waals surface area contributed by atoms with Crippen molar-refractivity contribution in [2.45, 2.75) is 23.2 Å². The summed E-state index contributed by atoms with van der Waals surface area (Å²) in [6, 6.07) is 2.93. The van der Waals surface area contributed by atoms with Gasteiger partial charge in [0, 0.05) is 0 Å². The molecule has 0 aromatic heterocycles. The van der Waals surface area contributed by atoms with Gasteiger partial charge in [0.1, 0.15) is 0 Å². The van der Waals surface area contributed by atoms with Crippen LogP contribution in [-0.4, -0.2) is 26.7 Å². The molecular weight excluding hydrogens is 285 g/mol. The first-order valence-electron chi connectivity index (χ1n) is 5.09. The SMILES string of the molecule is COC(=O)C(C)S(=O)(=O)c1ccc(C(F)(F)F)cc1. The molecule has 0 saturated carbocycles. The zero-order chi connectivity index (χ0) is 14.8. The summed E-state index contributed by atoms with van der Waals surface area (Å²) < 4.78 is 65.1. The molecule has 0 saturated heterocycles. The van der Waals surface area contributed by atoms with Crippen molar-refractivity contribution >= 4 is 15.8 Å². The van der Waals surface area contributed by atoms with Crippen molar-refractivity contribution in [1.82, 2.24) is 0 Å². The van der Waals surface area contributed by atoms with Gasteiger partial charge in [-0.3, -0.25) is 4.79 Å². The molecule has 0 spiro atoms. The predicted molar refractivity (Wildman–Crippen MR) is 60.1 cm³/mol. The minimum absolute atomic E-state index is 0.363. The number of methoxy groups -OCH3 is 1. The van der Waals surface area contributed by atoms with E-state index < -0.39 is 32.8 Å². The van der Waals surface area contributed by atoms with Crippen LogP contribution < -0.4 is 0 Å². The first-order valence-corrected chi connectivity index (χ1v) is 6.64. The maximum Gasteiger partial charge on any atom is 0.416 e. The van der Waals surface area contributed by atoms with Gasteiger partial charge in [0.15, 0.2) is 15.1 Å². The lowest BCUT2D eigenvalue weighted by Gasteiger charge is -2.12. The van der Waals surface area contributed by atoms with Crippen molar-refractivity contribution < 1.29 is 31.1 Å². The third kappa shape index (κ3) is 3.25. The van der Waals surface area contributed by atoms with Crippen molar-refractivity contribution in [3.05, 3.63) is 29.8 Å². The van der Waals surface area contributed by atoms with Crippen LogP contribution in [0.4, 0.5) is 13.2 Å². The highest BCUT2D eigenvalue weighted by atomic mass is 32.2. The summed E-state index contributed by atoms with van der Waals surface area (Å²) in [6.45, 7) is 1.11. The molecule has 1 aromatic carbocycles. The molecule has 0 heterocycles. The Kier molecular flexibility index (Phi) is 4.24. The van der Waals surface area contributed by atoms with E-state index >= 15 is 0 Å². The van der Waals surface area contributed by atoms with Crippen molar-refractivity contribution in [2.24, 2.45) is 0 Å². The summed E-state index contributed by atoms with van der Waals surface area (Å²) in [5.41, 5.74) is -0.961. The van der Waals surface area contributed by atoms with Crippen LogP contribution in [0.2, 0.25) is 0 Å². The molecule has 0 N–H and O–H groups in total. The van der Waals surface area contributed by atoms with Gasteiger partial charge in [-0.25, -0.2) is 8.42 Å². The van der Waals surface area contributed by atoms with Crippen LogP contribution in [-0.2, 0) is 25.5 Å². The first-order chi connectivity index (χ1) is 8.60. The van der Waals surface area contributed by atoms with Gasteiger partial charge in [0.05, 0.1) is 17.6 Å². The largest absolute Gasteiger partial charge is 0.468 e. The molecule has 0 amide bonds. The molecule has 0 bridgehead atoms. The summed E-state index contributed by atoms with van der Waals surface area (Å²) in [7, 11) is -3.03.